The van der Waals surface area contributed by atoms with Gasteiger partial charge < -0.3 is 0 Å². The summed E-state index contributed by atoms with van der Waals surface area (Å²) < 4.78 is 56.1. The minimum absolute atomic E-state index is 0.0996. The summed E-state index contributed by atoms with van der Waals surface area (Å²) in [6.07, 6.45) is 0. The Bertz CT molecular complexity index is 1180. The Kier molecular flexibility index (Phi) is 5.57. The summed E-state index contributed by atoms with van der Waals surface area (Å²) in [4.78, 5) is 15.7. The zero-order valence-electron chi connectivity index (χ0n) is 16.6. The van der Waals surface area contributed by atoms with Gasteiger partial charge in [0.1, 0.15) is 0 Å². The van der Waals surface area contributed by atoms with Gasteiger partial charge in [0.2, 0.25) is 0 Å². The molecule has 0 spiro atoms. The van der Waals surface area contributed by atoms with Crippen molar-refractivity contribution in [3.63, 3.8) is 0 Å². The SMILES string of the molecule is [CH3][Ge]([CH3])([c]1cccc(-c2ccc(F)nc2F)n1)[c]1cccc(-c2ccc(F)nc2F)n1. The molecule has 9 heteroatoms. The van der Waals surface area contributed by atoms with Gasteiger partial charge in [0.15, 0.2) is 0 Å². The van der Waals surface area contributed by atoms with E-state index < -0.39 is 37.1 Å². The van der Waals surface area contributed by atoms with Crippen molar-refractivity contribution in [3.8, 4) is 22.5 Å². The van der Waals surface area contributed by atoms with Crippen molar-refractivity contribution in [1.29, 1.82) is 0 Å². The van der Waals surface area contributed by atoms with E-state index in [0.29, 0.717) is 11.4 Å². The van der Waals surface area contributed by atoms with E-state index in [1.165, 1.54) is 12.1 Å². The molecule has 0 radical (unpaired) electrons. The van der Waals surface area contributed by atoms with Gasteiger partial charge in [0, 0.05) is 0 Å². The fourth-order valence-electron chi connectivity index (χ4n) is 3.20. The second-order valence-corrected chi connectivity index (χ2v) is 16.4. The van der Waals surface area contributed by atoms with Crippen LogP contribution in [0.25, 0.3) is 22.5 Å². The Labute approximate surface area is 178 Å². The molecule has 4 aromatic heterocycles. The normalized spacial score (nSPS) is 11.5. The Morgan fingerprint density at radius 2 is 0.968 bits per heavy atom. The molecule has 0 aliphatic rings. The zero-order valence-corrected chi connectivity index (χ0v) is 18.7. The van der Waals surface area contributed by atoms with E-state index >= 15 is 0 Å². The first-order chi connectivity index (χ1) is 14.8. The molecule has 0 aliphatic heterocycles. The third kappa shape index (κ3) is 4.20. The van der Waals surface area contributed by atoms with E-state index in [2.05, 4.69) is 31.4 Å². The molecule has 4 nitrogen and oxygen atoms in total. The Hall–Kier alpha value is -3.14. The maximum absolute atomic E-state index is 14.1. The van der Waals surface area contributed by atoms with E-state index in [0.717, 1.165) is 21.2 Å². The van der Waals surface area contributed by atoms with Crippen LogP contribution in [-0.4, -0.2) is 33.2 Å². The summed E-state index contributed by atoms with van der Waals surface area (Å²) in [6.45, 7) is 0. The zero-order chi connectivity index (χ0) is 22.2. The second-order valence-electron chi connectivity index (χ2n) is 7.39. The number of aromatic nitrogens is 4. The van der Waals surface area contributed by atoms with Crippen LogP contribution in [0.3, 0.4) is 0 Å². The van der Waals surface area contributed by atoms with E-state index in [4.69, 9.17) is 0 Å². The Morgan fingerprint density at radius 3 is 1.35 bits per heavy atom. The van der Waals surface area contributed by atoms with E-state index in [1.807, 2.05) is 12.1 Å². The molecular formula is C22H16F4GeN4. The Morgan fingerprint density at radius 1 is 0.548 bits per heavy atom. The third-order valence-corrected chi connectivity index (χ3v) is 11.5. The van der Waals surface area contributed by atoms with Crippen LogP contribution in [0.2, 0.25) is 11.5 Å². The number of hydrogen-bond acceptors (Lipinski definition) is 4. The van der Waals surface area contributed by atoms with Crippen LogP contribution in [0.5, 0.6) is 0 Å². The molecule has 0 unspecified atom stereocenters. The first kappa shape index (κ1) is 21.1. The minimum atomic E-state index is -3.11. The predicted octanol–water partition coefficient (Wildman–Crippen LogP) is 3.98. The van der Waals surface area contributed by atoms with Crippen molar-refractivity contribution in [2.24, 2.45) is 0 Å². The molecule has 0 amide bonds. The molecule has 0 saturated heterocycles. The molecule has 0 fully saturated rings. The average Bonchev–Trinajstić information content (AvgIpc) is 2.74. The van der Waals surface area contributed by atoms with Gasteiger partial charge in [0.05, 0.1) is 0 Å². The van der Waals surface area contributed by atoms with Gasteiger partial charge >= 0.3 is 178 Å². The summed E-state index contributed by atoms with van der Waals surface area (Å²) in [5.41, 5.74) is 0.877. The molecular weight excluding hydrogens is 469 g/mol. The van der Waals surface area contributed by atoms with Crippen LogP contribution in [0.15, 0.2) is 60.7 Å². The molecule has 31 heavy (non-hydrogen) atoms. The van der Waals surface area contributed by atoms with Crippen LogP contribution < -0.4 is 9.05 Å². The fraction of sp³-hybridized carbons (Fsp3) is 0.0909. The van der Waals surface area contributed by atoms with Crippen LogP contribution in [0.1, 0.15) is 0 Å². The summed E-state index contributed by atoms with van der Waals surface area (Å²) >= 11 is -3.11. The van der Waals surface area contributed by atoms with Gasteiger partial charge in [-0.05, 0) is 0 Å². The van der Waals surface area contributed by atoms with Crippen molar-refractivity contribution in [2.45, 2.75) is 11.5 Å². The van der Waals surface area contributed by atoms with Crippen LogP contribution >= 0.6 is 0 Å². The number of halogens is 4. The van der Waals surface area contributed by atoms with Crippen molar-refractivity contribution >= 4 is 22.3 Å². The molecule has 0 bridgehead atoms. The van der Waals surface area contributed by atoms with Gasteiger partial charge in [-0.1, -0.05) is 0 Å². The molecule has 156 valence electrons. The van der Waals surface area contributed by atoms with Crippen molar-refractivity contribution < 1.29 is 17.6 Å². The van der Waals surface area contributed by atoms with Crippen LogP contribution in [0, 0.1) is 23.8 Å². The van der Waals surface area contributed by atoms with Crippen molar-refractivity contribution in [2.75, 3.05) is 0 Å². The third-order valence-electron chi connectivity index (χ3n) is 4.96. The predicted molar refractivity (Wildman–Crippen MR) is 112 cm³/mol. The number of rotatable bonds is 4. The molecule has 4 rings (SSSR count). The number of nitrogens with zero attached hydrogens (tertiary/aromatic N) is 4. The monoisotopic (exact) mass is 486 g/mol. The van der Waals surface area contributed by atoms with Crippen molar-refractivity contribution in [1.82, 2.24) is 19.9 Å². The molecule has 0 aromatic carbocycles. The van der Waals surface area contributed by atoms with Crippen LogP contribution in [-0.2, 0) is 0 Å². The van der Waals surface area contributed by atoms with Gasteiger partial charge in [-0.15, -0.1) is 0 Å². The molecule has 4 heterocycles. The molecule has 0 N–H and O–H groups in total. The van der Waals surface area contributed by atoms with E-state index in [1.54, 1.807) is 24.3 Å². The van der Waals surface area contributed by atoms with Gasteiger partial charge in [-0.2, -0.15) is 0 Å². The molecule has 4 aromatic rings. The summed E-state index contributed by atoms with van der Waals surface area (Å²) in [7, 11) is 0. The Balaban J connectivity index is 1.75. The standard InChI is InChI=1S/C22H16F4GeN4/c1-27(2,19-7-3-5-15(28-19)13-9-11-17(23)30-21(13)25)20-8-4-6-16(29-20)14-10-12-18(24)31-22(14)26/h3-12H,1-2H3. The van der Waals surface area contributed by atoms with Gasteiger partial charge in [0.25, 0.3) is 0 Å². The van der Waals surface area contributed by atoms with E-state index in [-0.39, 0.29) is 11.1 Å². The second kappa shape index (κ2) is 8.18. The van der Waals surface area contributed by atoms with Crippen LogP contribution in [0.4, 0.5) is 17.6 Å². The van der Waals surface area contributed by atoms with Crippen molar-refractivity contribution in [3.05, 3.63) is 84.5 Å². The molecule has 0 atom stereocenters. The number of hydrogen-bond donors (Lipinski definition) is 0. The average molecular weight is 485 g/mol. The fourth-order valence-corrected chi connectivity index (χ4v) is 7.58. The first-order valence-corrected chi connectivity index (χ1v) is 15.6. The van der Waals surface area contributed by atoms with Gasteiger partial charge in [-0.25, -0.2) is 0 Å². The summed E-state index contributed by atoms with van der Waals surface area (Å²) in [5, 5.41) is 0. The van der Waals surface area contributed by atoms with Gasteiger partial charge in [-0.3, -0.25) is 0 Å². The molecule has 0 aliphatic carbocycles. The number of pyridine rings is 4. The van der Waals surface area contributed by atoms with E-state index in [9.17, 15) is 17.6 Å². The topological polar surface area (TPSA) is 51.6 Å². The first-order valence-electron chi connectivity index (χ1n) is 9.35. The summed E-state index contributed by atoms with van der Waals surface area (Å²) in [5.74, 6) is 0.426. The molecule has 0 saturated carbocycles. The maximum atomic E-state index is 14.1. The summed E-state index contributed by atoms with van der Waals surface area (Å²) in [6, 6.07) is 15.2. The quantitative estimate of drug-likeness (QED) is 0.250.